The standard InChI is InChI=1S/C16H19N3O5/c1-22-11-4-8(5-12(23-2)15(11)24-3)13-14-9(17-7-18-14)6-10(19-13)16(20)21/h4-5,7,10,13,19H,6H2,1-3H3,(H,17,18)(H,20,21)/t10-,13-/m1/s1. The van der Waals surface area contributed by atoms with Gasteiger partial charge in [-0.25, -0.2) is 4.98 Å². The molecule has 2 heterocycles. The van der Waals surface area contributed by atoms with E-state index in [-0.39, 0.29) is 0 Å². The monoisotopic (exact) mass is 333 g/mol. The molecular formula is C16H19N3O5. The van der Waals surface area contributed by atoms with Crippen molar-refractivity contribution in [1.82, 2.24) is 15.3 Å². The third kappa shape index (κ3) is 2.65. The normalized spacial score (nSPS) is 19.5. The molecule has 2 aromatic rings. The third-order valence-electron chi connectivity index (χ3n) is 4.12. The Morgan fingerprint density at radius 1 is 1.21 bits per heavy atom. The Morgan fingerprint density at radius 3 is 2.42 bits per heavy atom. The average molecular weight is 333 g/mol. The summed E-state index contributed by atoms with van der Waals surface area (Å²) >= 11 is 0. The van der Waals surface area contributed by atoms with Crippen molar-refractivity contribution in [3.63, 3.8) is 0 Å². The summed E-state index contributed by atoms with van der Waals surface area (Å²) in [6.45, 7) is 0. The van der Waals surface area contributed by atoms with Crippen LogP contribution in [0.25, 0.3) is 0 Å². The van der Waals surface area contributed by atoms with Crippen molar-refractivity contribution >= 4 is 5.97 Å². The summed E-state index contributed by atoms with van der Waals surface area (Å²) in [4.78, 5) is 18.8. The van der Waals surface area contributed by atoms with E-state index in [4.69, 9.17) is 14.2 Å². The van der Waals surface area contributed by atoms with Crippen molar-refractivity contribution in [2.24, 2.45) is 0 Å². The Bertz CT molecular complexity index is 733. The fourth-order valence-corrected chi connectivity index (χ4v) is 2.97. The lowest BCUT2D eigenvalue weighted by Gasteiger charge is -2.29. The summed E-state index contributed by atoms with van der Waals surface area (Å²) in [7, 11) is 4.61. The van der Waals surface area contributed by atoms with E-state index in [1.54, 1.807) is 18.5 Å². The first-order valence-electron chi connectivity index (χ1n) is 7.40. The Kier molecular flexibility index (Phi) is 4.30. The zero-order valence-corrected chi connectivity index (χ0v) is 13.6. The molecule has 8 heteroatoms. The highest BCUT2D eigenvalue weighted by Gasteiger charge is 2.34. The zero-order chi connectivity index (χ0) is 17.3. The van der Waals surface area contributed by atoms with Gasteiger partial charge in [0.05, 0.1) is 39.4 Å². The highest BCUT2D eigenvalue weighted by molar-refractivity contribution is 5.74. The number of methoxy groups -OCH3 is 3. The van der Waals surface area contributed by atoms with Crippen LogP contribution in [0.15, 0.2) is 18.5 Å². The number of carbonyl (C=O) groups is 1. The summed E-state index contributed by atoms with van der Waals surface area (Å²) in [5.74, 6) is 0.579. The van der Waals surface area contributed by atoms with E-state index in [1.807, 2.05) is 0 Å². The molecular weight excluding hydrogens is 314 g/mol. The number of hydrogen-bond donors (Lipinski definition) is 3. The number of aliphatic carboxylic acids is 1. The number of H-pyrrole nitrogens is 1. The summed E-state index contributed by atoms with van der Waals surface area (Å²) < 4.78 is 16.1. The first kappa shape index (κ1) is 16.1. The lowest BCUT2D eigenvalue weighted by atomic mass is 9.93. The number of rotatable bonds is 5. The van der Waals surface area contributed by atoms with Gasteiger partial charge in [0, 0.05) is 12.1 Å². The van der Waals surface area contributed by atoms with Gasteiger partial charge in [0.25, 0.3) is 0 Å². The van der Waals surface area contributed by atoms with Crippen LogP contribution in [0.5, 0.6) is 17.2 Å². The Hall–Kier alpha value is -2.74. The van der Waals surface area contributed by atoms with E-state index in [1.165, 1.54) is 21.3 Å². The molecule has 128 valence electrons. The first-order valence-corrected chi connectivity index (χ1v) is 7.40. The molecule has 24 heavy (non-hydrogen) atoms. The molecule has 0 amide bonds. The van der Waals surface area contributed by atoms with Gasteiger partial charge in [-0.15, -0.1) is 0 Å². The van der Waals surface area contributed by atoms with Crippen molar-refractivity contribution < 1.29 is 24.1 Å². The van der Waals surface area contributed by atoms with Gasteiger partial charge in [-0.2, -0.15) is 0 Å². The van der Waals surface area contributed by atoms with Crippen molar-refractivity contribution in [2.75, 3.05) is 21.3 Å². The lowest BCUT2D eigenvalue weighted by molar-refractivity contribution is -0.139. The molecule has 1 aliphatic heterocycles. The minimum Gasteiger partial charge on any atom is -0.493 e. The molecule has 0 unspecified atom stereocenters. The average Bonchev–Trinajstić information content (AvgIpc) is 3.07. The van der Waals surface area contributed by atoms with Gasteiger partial charge in [0.2, 0.25) is 5.75 Å². The van der Waals surface area contributed by atoms with E-state index in [0.29, 0.717) is 23.7 Å². The number of ether oxygens (including phenoxy) is 3. The quantitative estimate of drug-likeness (QED) is 0.753. The van der Waals surface area contributed by atoms with Crippen molar-refractivity contribution in [3.8, 4) is 17.2 Å². The number of imidazole rings is 1. The maximum Gasteiger partial charge on any atom is 0.321 e. The number of nitrogens with one attached hydrogen (secondary N) is 2. The Balaban J connectivity index is 2.09. The van der Waals surface area contributed by atoms with Crippen LogP contribution in [-0.2, 0) is 11.2 Å². The number of fused-ring (bicyclic) bond motifs is 1. The highest BCUT2D eigenvalue weighted by Crippen LogP contribution is 2.41. The van der Waals surface area contributed by atoms with E-state index < -0.39 is 18.1 Å². The van der Waals surface area contributed by atoms with Crippen molar-refractivity contribution in [1.29, 1.82) is 0 Å². The van der Waals surface area contributed by atoms with Gasteiger partial charge in [-0.3, -0.25) is 10.1 Å². The van der Waals surface area contributed by atoms with E-state index in [0.717, 1.165) is 17.0 Å². The fraction of sp³-hybridized carbons (Fsp3) is 0.375. The summed E-state index contributed by atoms with van der Waals surface area (Å²) in [5, 5.41) is 12.5. The number of aromatic nitrogens is 2. The number of hydrogen-bond acceptors (Lipinski definition) is 6. The molecule has 0 saturated carbocycles. The highest BCUT2D eigenvalue weighted by atomic mass is 16.5. The number of carboxylic acids is 1. The SMILES string of the molecule is COc1cc([C@H]2N[C@@H](C(=O)O)Cc3[nH]cnc32)cc(OC)c1OC. The molecule has 8 nitrogen and oxygen atoms in total. The minimum atomic E-state index is -0.910. The van der Waals surface area contributed by atoms with E-state index >= 15 is 0 Å². The van der Waals surface area contributed by atoms with Crippen molar-refractivity contribution in [2.45, 2.75) is 18.5 Å². The van der Waals surface area contributed by atoms with Crippen LogP contribution in [0.4, 0.5) is 0 Å². The van der Waals surface area contributed by atoms with Gasteiger partial charge in [0.15, 0.2) is 11.5 Å². The van der Waals surface area contributed by atoms with Crippen LogP contribution in [0.3, 0.4) is 0 Å². The smallest absolute Gasteiger partial charge is 0.321 e. The molecule has 0 aliphatic carbocycles. The predicted molar refractivity (Wildman–Crippen MR) is 84.8 cm³/mol. The Labute approximate surface area is 138 Å². The van der Waals surface area contributed by atoms with Crippen molar-refractivity contribution in [3.05, 3.63) is 35.4 Å². The second-order valence-corrected chi connectivity index (χ2v) is 5.42. The third-order valence-corrected chi connectivity index (χ3v) is 4.12. The van der Waals surface area contributed by atoms with Gasteiger partial charge in [-0.1, -0.05) is 0 Å². The van der Waals surface area contributed by atoms with Crippen LogP contribution in [0, 0.1) is 0 Å². The van der Waals surface area contributed by atoms with Crippen LogP contribution >= 0.6 is 0 Å². The van der Waals surface area contributed by atoms with Gasteiger partial charge in [0.1, 0.15) is 6.04 Å². The van der Waals surface area contributed by atoms with Crippen LogP contribution in [-0.4, -0.2) is 48.4 Å². The molecule has 3 rings (SSSR count). The molecule has 0 bridgehead atoms. The summed E-state index contributed by atoms with van der Waals surface area (Å²) in [5.41, 5.74) is 2.35. The van der Waals surface area contributed by atoms with Gasteiger partial charge >= 0.3 is 5.97 Å². The summed E-state index contributed by atoms with van der Waals surface area (Å²) in [6.07, 6.45) is 1.92. The molecule has 3 N–H and O–H groups in total. The second-order valence-electron chi connectivity index (χ2n) is 5.42. The van der Waals surface area contributed by atoms with E-state index in [2.05, 4.69) is 15.3 Å². The largest absolute Gasteiger partial charge is 0.493 e. The molecule has 1 aromatic carbocycles. The fourth-order valence-electron chi connectivity index (χ4n) is 2.97. The minimum absolute atomic E-state index is 0.353. The zero-order valence-electron chi connectivity index (χ0n) is 13.6. The number of benzene rings is 1. The molecule has 0 saturated heterocycles. The summed E-state index contributed by atoms with van der Waals surface area (Å²) in [6, 6.07) is 2.49. The topological polar surface area (TPSA) is 106 Å². The number of aromatic amines is 1. The number of nitrogens with zero attached hydrogens (tertiary/aromatic N) is 1. The first-order chi connectivity index (χ1) is 11.6. The lowest BCUT2D eigenvalue weighted by Crippen LogP contribution is -2.45. The van der Waals surface area contributed by atoms with Crippen LogP contribution in [0.2, 0.25) is 0 Å². The van der Waals surface area contributed by atoms with Crippen LogP contribution < -0.4 is 19.5 Å². The molecule has 0 fully saturated rings. The predicted octanol–water partition coefficient (Wildman–Crippen LogP) is 1.12. The maximum absolute atomic E-state index is 11.4. The van der Waals surface area contributed by atoms with Gasteiger partial charge in [-0.05, 0) is 17.7 Å². The second kappa shape index (κ2) is 6.40. The van der Waals surface area contributed by atoms with Gasteiger partial charge < -0.3 is 24.3 Å². The molecule has 1 aliphatic rings. The molecule has 2 atom stereocenters. The molecule has 0 radical (unpaired) electrons. The van der Waals surface area contributed by atoms with Crippen LogP contribution in [0.1, 0.15) is 23.0 Å². The molecule has 0 spiro atoms. The van der Waals surface area contributed by atoms with E-state index in [9.17, 15) is 9.90 Å². The number of carboxylic acid groups (broad SMARTS) is 1. The molecule has 1 aromatic heterocycles. The Morgan fingerprint density at radius 2 is 1.88 bits per heavy atom. The maximum atomic E-state index is 11.4.